The first-order valence-corrected chi connectivity index (χ1v) is 6.27. The molecule has 2 rings (SSSR count). The number of halogens is 1. The Kier molecular flexibility index (Phi) is 3.26. The molecule has 1 N–H and O–H groups in total. The molecule has 5 heteroatoms. The molecule has 1 aromatic heterocycles. The number of aromatic nitrogens is 2. The van der Waals surface area contributed by atoms with Crippen LogP contribution in [0.25, 0.3) is 5.69 Å². The predicted molar refractivity (Wildman–Crippen MR) is 72.4 cm³/mol. The maximum atomic E-state index is 10.9. The Labute approximate surface area is 113 Å². The van der Waals surface area contributed by atoms with E-state index in [1.54, 1.807) is 18.2 Å². The van der Waals surface area contributed by atoms with Crippen LogP contribution < -0.4 is 0 Å². The molecule has 94 valence electrons. The number of nitrogens with zero attached hydrogens (tertiary/aromatic N) is 2. The van der Waals surface area contributed by atoms with Crippen molar-refractivity contribution in [2.24, 2.45) is 0 Å². The Hall–Kier alpha value is -1.62. The molecule has 0 aliphatic heterocycles. The Bertz CT molecular complexity index is 632. The summed E-state index contributed by atoms with van der Waals surface area (Å²) in [4.78, 5) is 10.9. The van der Waals surface area contributed by atoms with Crippen LogP contribution in [0.4, 0.5) is 0 Å². The van der Waals surface area contributed by atoms with Gasteiger partial charge in [-0.05, 0) is 60.5 Å². The van der Waals surface area contributed by atoms with Gasteiger partial charge in [0, 0.05) is 10.2 Å². The maximum absolute atomic E-state index is 10.9. The summed E-state index contributed by atoms with van der Waals surface area (Å²) in [6.07, 6.45) is 0. The van der Waals surface area contributed by atoms with E-state index in [-0.39, 0.29) is 5.56 Å². The van der Waals surface area contributed by atoms with Gasteiger partial charge in [0.15, 0.2) is 0 Å². The van der Waals surface area contributed by atoms with Crippen molar-refractivity contribution in [2.45, 2.75) is 20.8 Å². The fraction of sp³-hybridized carbons (Fsp3) is 0.231. The summed E-state index contributed by atoms with van der Waals surface area (Å²) in [5.74, 6) is -0.946. The highest BCUT2D eigenvalue weighted by molar-refractivity contribution is 9.10. The van der Waals surface area contributed by atoms with E-state index in [0.29, 0.717) is 4.47 Å². The maximum Gasteiger partial charge on any atom is 0.336 e. The van der Waals surface area contributed by atoms with Crippen LogP contribution in [0.5, 0.6) is 0 Å². The van der Waals surface area contributed by atoms with Crippen molar-refractivity contribution in [2.75, 3.05) is 0 Å². The van der Waals surface area contributed by atoms with Gasteiger partial charge in [-0.1, -0.05) is 0 Å². The van der Waals surface area contributed by atoms with Gasteiger partial charge in [0.05, 0.1) is 16.9 Å². The Morgan fingerprint density at radius 3 is 2.44 bits per heavy atom. The fourth-order valence-electron chi connectivity index (χ4n) is 1.78. The molecule has 0 atom stereocenters. The summed E-state index contributed by atoms with van der Waals surface area (Å²) in [6.45, 7) is 5.97. The molecule has 4 nitrogen and oxygen atoms in total. The number of carboxylic acid groups (broad SMARTS) is 1. The zero-order valence-corrected chi connectivity index (χ0v) is 11.9. The fourth-order valence-corrected chi connectivity index (χ4v) is 2.32. The van der Waals surface area contributed by atoms with Crippen LogP contribution in [-0.4, -0.2) is 20.9 Å². The second-order valence-electron chi connectivity index (χ2n) is 4.18. The molecular weight excluding hydrogens is 296 g/mol. The summed E-state index contributed by atoms with van der Waals surface area (Å²) in [5, 5.41) is 13.4. The first kappa shape index (κ1) is 12.8. The van der Waals surface area contributed by atoms with Crippen molar-refractivity contribution in [3.8, 4) is 5.69 Å². The van der Waals surface area contributed by atoms with E-state index in [4.69, 9.17) is 5.11 Å². The van der Waals surface area contributed by atoms with Crippen molar-refractivity contribution >= 4 is 21.9 Å². The number of hydrogen-bond acceptors (Lipinski definition) is 2. The van der Waals surface area contributed by atoms with E-state index in [1.165, 1.54) is 0 Å². The van der Waals surface area contributed by atoms with Gasteiger partial charge in [-0.2, -0.15) is 5.10 Å². The molecular formula is C13H13BrN2O2. The average Bonchev–Trinajstić information content (AvgIpc) is 2.56. The Balaban J connectivity index is 2.55. The largest absolute Gasteiger partial charge is 0.478 e. The van der Waals surface area contributed by atoms with Crippen molar-refractivity contribution in [3.05, 3.63) is 45.2 Å². The highest BCUT2D eigenvalue weighted by Gasteiger charge is 2.12. The van der Waals surface area contributed by atoms with E-state index in [2.05, 4.69) is 21.0 Å². The van der Waals surface area contributed by atoms with Crippen molar-refractivity contribution in [3.63, 3.8) is 0 Å². The van der Waals surface area contributed by atoms with Gasteiger partial charge in [-0.15, -0.1) is 0 Å². The highest BCUT2D eigenvalue weighted by atomic mass is 79.9. The molecule has 0 aliphatic rings. The number of hydrogen-bond donors (Lipinski definition) is 1. The minimum atomic E-state index is -0.946. The summed E-state index contributed by atoms with van der Waals surface area (Å²) < 4.78 is 2.37. The van der Waals surface area contributed by atoms with Gasteiger partial charge in [0.1, 0.15) is 0 Å². The lowest BCUT2D eigenvalue weighted by molar-refractivity contribution is 0.0696. The monoisotopic (exact) mass is 308 g/mol. The molecule has 1 heterocycles. The lowest BCUT2D eigenvalue weighted by atomic mass is 10.2. The van der Waals surface area contributed by atoms with Gasteiger partial charge in [0.2, 0.25) is 0 Å². The molecule has 18 heavy (non-hydrogen) atoms. The predicted octanol–water partition coefficient (Wildman–Crippen LogP) is 3.26. The molecule has 1 aromatic carbocycles. The quantitative estimate of drug-likeness (QED) is 0.926. The van der Waals surface area contributed by atoms with Gasteiger partial charge in [-0.25, -0.2) is 9.48 Å². The van der Waals surface area contributed by atoms with E-state index in [9.17, 15) is 4.79 Å². The first-order valence-electron chi connectivity index (χ1n) is 5.48. The summed E-state index contributed by atoms with van der Waals surface area (Å²) in [5.41, 5.74) is 4.28. The number of benzene rings is 1. The second kappa shape index (κ2) is 4.57. The standard InChI is InChI=1S/C13H13BrN2O2/c1-7-8(2)15-16(9(7)3)10-4-5-11(13(17)18)12(14)6-10/h4-6H,1-3H3,(H,17,18). The van der Waals surface area contributed by atoms with Gasteiger partial charge in [0.25, 0.3) is 0 Å². The van der Waals surface area contributed by atoms with Gasteiger partial charge in [-0.3, -0.25) is 0 Å². The van der Waals surface area contributed by atoms with Crippen molar-refractivity contribution in [1.82, 2.24) is 9.78 Å². The van der Waals surface area contributed by atoms with Gasteiger partial charge < -0.3 is 5.11 Å². The van der Waals surface area contributed by atoms with Crippen LogP contribution in [0.3, 0.4) is 0 Å². The molecule has 0 amide bonds. The van der Waals surface area contributed by atoms with Gasteiger partial charge >= 0.3 is 5.97 Å². The number of carboxylic acids is 1. The number of carbonyl (C=O) groups is 1. The number of aryl methyl sites for hydroxylation is 1. The van der Waals surface area contributed by atoms with E-state index in [1.807, 2.05) is 25.5 Å². The third kappa shape index (κ3) is 2.06. The lowest BCUT2D eigenvalue weighted by Gasteiger charge is -2.07. The van der Waals surface area contributed by atoms with E-state index < -0.39 is 5.97 Å². The third-order valence-electron chi connectivity index (χ3n) is 3.08. The van der Waals surface area contributed by atoms with Crippen molar-refractivity contribution in [1.29, 1.82) is 0 Å². The summed E-state index contributed by atoms with van der Waals surface area (Å²) >= 11 is 3.27. The molecule has 0 saturated carbocycles. The average molecular weight is 309 g/mol. The van der Waals surface area contributed by atoms with Crippen LogP contribution >= 0.6 is 15.9 Å². The van der Waals surface area contributed by atoms with Crippen LogP contribution in [-0.2, 0) is 0 Å². The minimum Gasteiger partial charge on any atom is -0.478 e. The zero-order valence-electron chi connectivity index (χ0n) is 10.4. The SMILES string of the molecule is Cc1nn(-c2ccc(C(=O)O)c(Br)c2)c(C)c1C. The summed E-state index contributed by atoms with van der Waals surface area (Å²) in [6, 6.07) is 5.10. The van der Waals surface area contributed by atoms with Crippen LogP contribution in [0.15, 0.2) is 22.7 Å². The molecule has 0 spiro atoms. The Morgan fingerprint density at radius 1 is 1.33 bits per heavy atom. The lowest BCUT2D eigenvalue weighted by Crippen LogP contribution is -2.02. The van der Waals surface area contributed by atoms with Crippen molar-refractivity contribution < 1.29 is 9.90 Å². The van der Waals surface area contributed by atoms with Crippen LogP contribution in [0, 0.1) is 20.8 Å². The molecule has 2 aromatic rings. The molecule has 0 unspecified atom stereocenters. The third-order valence-corrected chi connectivity index (χ3v) is 3.74. The molecule has 0 saturated heterocycles. The first-order chi connectivity index (χ1) is 8.41. The summed E-state index contributed by atoms with van der Waals surface area (Å²) in [7, 11) is 0. The van der Waals surface area contributed by atoms with Crippen LogP contribution in [0.1, 0.15) is 27.3 Å². The smallest absolute Gasteiger partial charge is 0.336 e. The van der Waals surface area contributed by atoms with Crippen LogP contribution in [0.2, 0.25) is 0 Å². The zero-order chi connectivity index (χ0) is 13.4. The topological polar surface area (TPSA) is 55.1 Å². The highest BCUT2D eigenvalue weighted by Crippen LogP contribution is 2.23. The molecule has 0 aliphatic carbocycles. The van der Waals surface area contributed by atoms with E-state index in [0.717, 1.165) is 22.6 Å². The number of aromatic carboxylic acids is 1. The normalized spacial score (nSPS) is 10.7. The molecule has 0 bridgehead atoms. The van der Waals surface area contributed by atoms with E-state index >= 15 is 0 Å². The molecule has 0 radical (unpaired) electrons. The molecule has 0 fully saturated rings. The number of rotatable bonds is 2. The Morgan fingerprint density at radius 2 is 2.00 bits per heavy atom. The minimum absolute atomic E-state index is 0.247. The second-order valence-corrected chi connectivity index (χ2v) is 5.03.